The Morgan fingerprint density at radius 1 is 1.40 bits per heavy atom. The van der Waals surface area contributed by atoms with Crippen molar-refractivity contribution in [1.82, 2.24) is 0 Å². The zero-order valence-corrected chi connectivity index (χ0v) is 9.64. The molecule has 0 saturated heterocycles. The highest BCUT2D eigenvalue weighted by Crippen LogP contribution is 2.38. The molecular weight excluding hydrogens is 210 g/mol. The minimum Gasteiger partial charge on any atom is -0.506 e. The Balaban J connectivity index is 2.63. The summed E-state index contributed by atoms with van der Waals surface area (Å²) < 4.78 is 0. The monoisotopic (exact) mass is 225 g/mol. The molecule has 3 heteroatoms. The van der Waals surface area contributed by atoms with Crippen LogP contribution in [-0.2, 0) is 12.8 Å². The van der Waals surface area contributed by atoms with E-state index in [1.54, 1.807) is 0 Å². The van der Waals surface area contributed by atoms with E-state index in [2.05, 4.69) is 0 Å². The fourth-order valence-electron chi connectivity index (χ4n) is 2.38. The van der Waals surface area contributed by atoms with Crippen molar-refractivity contribution in [2.24, 2.45) is 5.73 Å². The molecule has 0 amide bonds. The maximum Gasteiger partial charge on any atom is 0.139 e. The Morgan fingerprint density at radius 2 is 2.07 bits per heavy atom. The molecule has 0 radical (unpaired) electrons. The summed E-state index contributed by atoms with van der Waals surface area (Å²) in [6.45, 7) is 1.89. The molecule has 2 nitrogen and oxygen atoms in total. The van der Waals surface area contributed by atoms with Crippen LogP contribution in [-0.4, -0.2) is 5.11 Å². The Hall–Kier alpha value is -0.730. The quantitative estimate of drug-likeness (QED) is 0.772. The number of aromatic hydroxyl groups is 1. The van der Waals surface area contributed by atoms with Crippen molar-refractivity contribution >= 4 is 11.6 Å². The molecule has 0 spiro atoms. The lowest BCUT2D eigenvalue weighted by atomic mass is 9.86. The predicted molar refractivity (Wildman–Crippen MR) is 62.4 cm³/mol. The Kier molecular flexibility index (Phi) is 2.89. The van der Waals surface area contributed by atoms with Crippen molar-refractivity contribution in [3.05, 3.63) is 27.8 Å². The van der Waals surface area contributed by atoms with Crippen LogP contribution in [0.25, 0.3) is 0 Å². The molecule has 0 fully saturated rings. The molecule has 15 heavy (non-hydrogen) atoms. The Labute approximate surface area is 95.1 Å². The second-order valence-electron chi connectivity index (χ2n) is 4.25. The van der Waals surface area contributed by atoms with Gasteiger partial charge in [0.2, 0.25) is 0 Å². The smallest absolute Gasteiger partial charge is 0.139 e. The molecule has 82 valence electrons. The van der Waals surface area contributed by atoms with Crippen LogP contribution in [0.3, 0.4) is 0 Å². The average Bonchev–Trinajstić information content (AvgIpc) is 2.19. The summed E-state index contributed by atoms with van der Waals surface area (Å²) in [5, 5.41) is 10.3. The predicted octanol–water partition coefficient (Wildman–Crippen LogP) is 2.94. The average molecular weight is 226 g/mol. The molecule has 1 aromatic rings. The van der Waals surface area contributed by atoms with Gasteiger partial charge in [0.05, 0.1) is 5.02 Å². The van der Waals surface area contributed by atoms with Gasteiger partial charge in [0.15, 0.2) is 0 Å². The summed E-state index contributed by atoms with van der Waals surface area (Å²) in [4.78, 5) is 0. The molecular formula is C12H16ClNO. The van der Waals surface area contributed by atoms with Crippen LogP contribution in [0, 0.1) is 0 Å². The van der Waals surface area contributed by atoms with Crippen molar-refractivity contribution in [3.8, 4) is 5.75 Å². The number of fused-ring (bicyclic) bond motifs is 1. The minimum atomic E-state index is -0.157. The molecule has 3 N–H and O–H groups in total. The van der Waals surface area contributed by atoms with Gasteiger partial charge in [0.25, 0.3) is 0 Å². The topological polar surface area (TPSA) is 46.2 Å². The van der Waals surface area contributed by atoms with E-state index in [4.69, 9.17) is 17.3 Å². The van der Waals surface area contributed by atoms with Gasteiger partial charge in [0.1, 0.15) is 5.75 Å². The molecule has 1 aliphatic carbocycles. The SMILES string of the molecule is CC(N)c1c(O)c(Cl)cc2c1CCCC2. The van der Waals surface area contributed by atoms with Crippen molar-refractivity contribution < 1.29 is 5.11 Å². The van der Waals surface area contributed by atoms with E-state index in [-0.39, 0.29) is 11.8 Å². The van der Waals surface area contributed by atoms with E-state index >= 15 is 0 Å². The maximum absolute atomic E-state index is 9.91. The van der Waals surface area contributed by atoms with Gasteiger partial charge in [-0.25, -0.2) is 0 Å². The molecule has 0 aromatic heterocycles. The first-order valence-corrected chi connectivity index (χ1v) is 5.77. The summed E-state index contributed by atoms with van der Waals surface area (Å²) in [5.74, 6) is 0.173. The van der Waals surface area contributed by atoms with E-state index in [1.807, 2.05) is 13.0 Å². The van der Waals surface area contributed by atoms with Crippen LogP contribution in [0.2, 0.25) is 5.02 Å². The standard InChI is InChI=1S/C12H16ClNO/c1-7(14)11-9-5-3-2-4-8(9)6-10(13)12(11)15/h6-7,15H,2-5,14H2,1H3. The Bertz CT molecular complexity index is 388. The number of nitrogens with two attached hydrogens (primary N) is 1. The van der Waals surface area contributed by atoms with Crippen LogP contribution in [0.4, 0.5) is 0 Å². The van der Waals surface area contributed by atoms with Gasteiger partial charge in [-0.1, -0.05) is 11.6 Å². The van der Waals surface area contributed by atoms with Gasteiger partial charge in [-0.05, 0) is 49.8 Å². The number of phenols is 1. The van der Waals surface area contributed by atoms with Crippen LogP contribution in [0.15, 0.2) is 6.07 Å². The molecule has 1 aliphatic rings. The number of hydrogen-bond acceptors (Lipinski definition) is 2. The number of halogens is 1. The molecule has 0 bridgehead atoms. The number of rotatable bonds is 1. The van der Waals surface area contributed by atoms with Gasteiger partial charge in [0, 0.05) is 11.6 Å². The first kappa shape index (κ1) is 10.8. The number of benzene rings is 1. The van der Waals surface area contributed by atoms with E-state index in [0.29, 0.717) is 5.02 Å². The minimum absolute atomic E-state index is 0.157. The first-order valence-electron chi connectivity index (χ1n) is 5.40. The second-order valence-corrected chi connectivity index (χ2v) is 4.66. The fourth-order valence-corrected chi connectivity index (χ4v) is 2.61. The number of hydrogen-bond donors (Lipinski definition) is 2. The molecule has 0 aliphatic heterocycles. The van der Waals surface area contributed by atoms with E-state index in [9.17, 15) is 5.11 Å². The lowest BCUT2D eigenvalue weighted by Gasteiger charge is -2.23. The zero-order valence-electron chi connectivity index (χ0n) is 8.89. The number of phenolic OH excluding ortho intramolecular Hbond substituents is 1. The lowest BCUT2D eigenvalue weighted by Crippen LogP contribution is -2.13. The third kappa shape index (κ3) is 1.84. The molecule has 1 atom stereocenters. The summed E-state index contributed by atoms with van der Waals surface area (Å²) in [6.07, 6.45) is 4.44. The first-order chi connectivity index (χ1) is 7.11. The maximum atomic E-state index is 9.91. The summed E-state index contributed by atoms with van der Waals surface area (Å²) >= 11 is 5.99. The highest BCUT2D eigenvalue weighted by atomic mass is 35.5. The Morgan fingerprint density at radius 3 is 2.73 bits per heavy atom. The van der Waals surface area contributed by atoms with Crippen molar-refractivity contribution in [2.75, 3.05) is 0 Å². The van der Waals surface area contributed by atoms with Crippen molar-refractivity contribution in [1.29, 1.82) is 0 Å². The van der Waals surface area contributed by atoms with Crippen LogP contribution < -0.4 is 5.73 Å². The highest BCUT2D eigenvalue weighted by Gasteiger charge is 2.21. The van der Waals surface area contributed by atoms with E-state index < -0.39 is 0 Å². The van der Waals surface area contributed by atoms with E-state index in [0.717, 1.165) is 18.4 Å². The normalized spacial score (nSPS) is 17.3. The summed E-state index contributed by atoms with van der Waals surface area (Å²) in [6, 6.07) is 1.73. The molecule has 1 unspecified atom stereocenters. The van der Waals surface area contributed by atoms with Gasteiger partial charge in [-0.15, -0.1) is 0 Å². The number of aryl methyl sites for hydroxylation is 1. The molecule has 2 rings (SSSR count). The third-order valence-electron chi connectivity index (χ3n) is 3.07. The second kappa shape index (κ2) is 4.03. The fraction of sp³-hybridized carbons (Fsp3) is 0.500. The van der Waals surface area contributed by atoms with Gasteiger partial charge in [-0.2, -0.15) is 0 Å². The summed E-state index contributed by atoms with van der Waals surface area (Å²) in [5.41, 5.74) is 9.21. The molecule has 1 aromatic carbocycles. The van der Waals surface area contributed by atoms with Crippen molar-refractivity contribution in [2.45, 2.75) is 38.6 Å². The van der Waals surface area contributed by atoms with Crippen LogP contribution >= 0.6 is 11.6 Å². The van der Waals surface area contributed by atoms with Gasteiger partial charge < -0.3 is 10.8 Å². The van der Waals surface area contributed by atoms with Crippen LogP contribution in [0.1, 0.15) is 42.5 Å². The van der Waals surface area contributed by atoms with E-state index in [1.165, 1.54) is 24.0 Å². The molecule has 0 heterocycles. The van der Waals surface area contributed by atoms with Crippen LogP contribution in [0.5, 0.6) is 5.75 Å². The highest BCUT2D eigenvalue weighted by molar-refractivity contribution is 6.32. The van der Waals surface area contributed by atoms with Gasteiger partial charge >= 0.3 is 0 Å². The lowest BCUT2D eigenvalue weighted by molar-refractivity contribution is 0.460. The third-order valence-corrected chi connectivity index (χ3v) is 3.36. The van der Waals surface area contributed by atoms with Crippen molar-refractivity contribution in [3.63, 3.8) is 0 Å². The summed E-state index contributed by atoms with van der Waals surface area (Å²) in [7, 11) is 0. The largest absolute Gasteiger partial charge is 0.506 e. The molecule has 0 saturated carbocycles. The van der Waals surface area contributed by atoms with Gasteiger partial charge in [-0.3, -0.25) is 0 Å². The zero-order chi connectivity index (χ0) is 11.0.